The van der Waals surface area contributed by atoms with Gasteiger partial charge >= 0.3 is 0 Å². The molecule has 1 aliphatic heterocycles. The van der Waals surface area contributed by atoms with Gasteiger partial charge in [0.2, 0.25) is 5.91 Å². The van der Waals surface area contributed by atoms with Gasteiger partial charge in [0, 0.05) is 17.7 Å². The van der Waals surface area contributed by atoms with E-state index in [-0.39, 0.29) is 11.8 Å². The average Bonchev–Trinajstić information content (AvgIpc) is 2.66. The molecule has 3 nitrogen and oxygen atoms in total. The minimum Gasteiger partial charge on any atom is -0.457 e. The molecule has 0 radical (unpaired) electrons. The van der Waals surface area contributed by atoms with E-state index >= 15 is 0 Å². The molecule has 0 aromatic heterocycles. The Kier molecular flexibility index (Phi) is 5.75. The number of hydrogen-bond acceptors (Lipinski definition) is 2. The van der Waals surface area contributed by atoms with E-state index in [1.807, 2.05) is 48.5 Å². The van der Waals surface area contributed by atoms with E-state index in [9.17, 15) is 4.79 Å². The summed E-state index contributed by atoms with van der Waals surface area (Å²) in [5.41, 5.74) is 1.89. The number of fused-ring (bicyclic) bond motifs is 2. The maximum atomic E-state index is 13.1. The molecule has 1 amide bonds. The topological polar surface area (TPSA) is 38.3 Å². The van der Waals surface area contributed by atoms with Crippen LogP contribution in [0.4, 0.5) is 0 Å². The molecule has 0 spiro atoms. The Morgan fingerprint density at radius 1 is 1.04 bits per heavy atom. The Hall–Kier alpha value is -2.29. The van der Waals surface area contributed by atoms with Crippen LogP contribution in [0.2, 0.25) is 0 Å². The van der Waals surface area contributed by atoms with Gasteiger partial charge in [-0.1, -0.05) is 69.5 Å². The molecule has 1 N–H and O–H groups in total. The molecule has 132 valence electrons. The summed E-state index contributed by atoms with van der Waals surface area (Å²) < 4.78 is 5.98. The molecule has 1 atom stereocenters. The molecular formula is C22H27NO2. The van der Waals surface area contributed by atoms with Crippen molar-refractivity contribution in [3.05, 3.63) is 59.7 Å². The molecule has 2 aromatic rings. The average molecular weight is 337 g/mol. The lowest BCUT2D eigenvalue weighted by Crippen LogP contribution is -2.34. The van der Waals surface area contributed by atoms with Crippen molar-refractivity contribution < 1.29 is 9.53 Å². The predicted molar refractivity (Wildman–Crippen MR) is 101 cm³/mol. The van der Waals surface area contributed by atoms with Gasteiger partial charge in [-0.3, -0.25) is 4.79 Å². The second-order valence-electron chi connectivity index (χ2n) is 6.77. The van der Waals surface area contributed by atoms with Crippen molar-refractivity contribution in [1.82, 2.24) is 5.32 Å². The summed E-state index contributed by atoms with van der Waals surface area (Å²) >= 11 is 0. The zero-order valence-electron chi connectivity index (χ0n) is 15.1. The first-order valence-electron chi connectivity index (χ1n) is 9.38. The monoisotopic (exact) mass is 337 g/mol. The Morgan fingerprint density at radius 2 is 1.64 bits per heavy atom. The van der Waals surface area contributed by atoms with E-state index in [1.165, 1.54) is 19.3 Å². The first-order valence-corrected chi connectivity index (χ1v) is 9.38. The summed E-state index contributed by atoms with van der Waals surface area (Å²) in [4.78, 5) is 13.1. The number of ether oxygens (including phenoxy) is 1. The van der Waals surface area contributed by atoms with E-state index in [2.05, 4.69) is 19.2 Å². The molecule has 3 heteroatoms. The molecule has 0 saturated heterocycles. The lowest BCUT2D eigenvalue weighted by molar-refractivity contribution is -0.122. The Bertz CT molecular complexity index is 680. The molecular weight excluding hydrogens is 310 g/mol. The number of unbranched alkanes of at least 4 members (excludes halogenated alkanes) is 1. The number of carbonyl (C=O) groups excluding carboxylic acids is 1. The van der Waals surface area contributed by atoms with Crippen LogP contribution in [0.25, 0.3) is 0 Å². The van der Waals surface area contributed by atoms with E-state index in [0.29, 0.717) is 5.92 Å². The largest absolute Gasteiger partial charge is 0.457 e. The minimum atomic E-state index is -0.301. The first-order chi connectivity index (χ1) is 12.2. The fourth-order valence-electron chi connectivity index (χ4n) is 3.48. The summed E-state index contributed by atoms with van der Waals surface area (Å²) in [5.74, 6) is 1.87. The van der Waals surface area contributed by atoms with Gasteiger partial charge in [0.05, 0.1) is 5.92 Å². The fourth-order valence-corrected chi connectivity index (χ4v) is 3.48. The highest BCUT2D eigenvalue weighted by Crippen LogP contribution is 2.43. The molecule has 2 aromatic carbocycles. The van der Waals surface area contributed by atoms with Gasteiger partial charge in [0.1, 0.15) is 11.5 Å². The van der Waals surface area contributed by atoms with Crippen molar-refractivity contribution in [3.8, 4) is 11.5 Å². The van der Waals surface area contributed by atoms with Gasteiger partial charge < -0.3 is 10.1 Å². The van der Waals surface area contributed by atoms with Crippen LogP contribution >= 0.6 is 0 Å². The molecule has 0 saturated carbocycles. The molecule has 0 fully saturated rings. The SMILES string of the molecule is CCCC[C@H](CC)CNC(=O)C1c2ccccc2Oc2ccccc21. The number of nitrogens with one attached hydrogen (secondary N) is 1. The summed E-state index contributed by atoms with van der Waals surface area (Å²) in [5, 5.41) is 3.20. The van der Waals surface area contributed by atoms with E-state index in [0.717, 1.165) is 35.6 Å². The molecule has 0 bridgehead atoms. The van der Waals surface area contributed by atoms with Crippen LogP contribution in [0, 0.1) is 5.92 Å². The van der Waals surface area contributed by atoms with Crippen LogP contribution in [0.3, 0.4) is 0 Å². The number of benzene rings is 2. The van der Waals surface area contributed by atoms with Crippen molar-refractivity contribution in [3.63, 3.8) is 0 Å². The highest BCUT2D eigenvalue weighted by Gasteiger charge is 2.32. The second-order valence-corrected chi connectivity index (χ2v) is 6.77. The number of para-hydroxylation sites is 2. The van der Waals surface area contributed by atoms with Crippen molar-refractivity contribution in [2.45, 2.75) is 45.4 Å². The predicted octanol–water partition coefficient (Wildman–Crippen LogP) is 5.26. The third-order valence-corrected chi connectivity index (χ3v) is 5.05. The zero-order valence-corrected chi connectivity index (χ0v) is 15.1. The van der Waals surface area contributed by atoms with Crippen LogP contribution < -0.4 is 10.1 Å². The molecule has 0 aliphatic carbocycles. The second kappa shape index (κ2) is 8.19. The zero-order chi connectivity index (χ0) is 17.6. The van der Waals surface area contributed by atoms with E-state index < -0.39 is 0 Å². The Labute approximate surface area is 150 Å². The standard InChI is InChI=1S/C22H27NO2/c1-3-5-10-16(4-2)15-23-22(24)21-17-11-6-8-13-19(17)25-20-14-9-7-12-18(20)21/h6-9,11-14,16,21H,3-5,10,15H2,1-2H3,(H,23,24)/t16-/m0/s1. The lowest BCUT2D eigenvalue weighted by Gasteiger charge is -2.28. The molecule has 3 rings (SSSR count). The van der Waals surface area contributed by atoms with Crippen LogP contribution in [-0.2, 0) is 4.79 Å². The number of hydrogen-bond donors (Lipinski definition) is 1. The van der Waals surface area contributed by atoms with Crippen LogP contribution in [0.5, 0.6) is 11.5 Å². The maximum absolute atomic E-state index is 13.1. The maximum Gasteiger partial charge on any atom is 0.232 e. The highest BCUT2D eigenvalue weighted by molar-refractivity contribution is 5.89. The number of carbonyl (C=O) groups is 1. The Balaban J connectivity index is 1.80. The van der Waals surface area contributed by atoms with Crippen molar-refractivity contribution >= 4 is 5.91 Å². The summed E-state index contributed by atoms with van der Waals surface area (Å²) in [6, 6.07) is 15.7. The normalized spacial score (nSPS) is 14.2. The van der Waals surface area contributed by atoms with Crippen molar-refractivity contribution in [1.29, 1.82) is 0 Å². The van der Waals surface area contributed by atoms with Gasteiger partial charge in [-0.2, -0.15) is 0 Å². The Morgan fingerprint density at radius 3 is 2.20 bits per heavy atom. The minimum absolute atomic E-state index is 0.0677. The van der Waals surface area contributed by atoms with Gasteiger partial charge in [0.15, 0.2) is 0 Å². The fraction of sp³-hybridized carbons (Fsp3) is 0.409. The van der Waals surface area contributed by atoms with Gasteiger partial charge in [-0.25, -0.2) is 0 Å². The van der Waals surface area contributed by atoms with Gasteiger partial charge in [-0.05, 0) is 24.5 Å². The number of rotatable bonds is 7. The lowest BCUT2D eigenvalue weighted by atomic mass is 9.87. The van der Waals surface area contributed by atoms with E-state index in [4.69, 9.17) is 4.74 Å². The molecule has 1 aliphatic rings. The van der Waals surface area contributed by atoms with Crippen LogP contribution in [0.1, 0.15) is 56.6 Å². The van der Waals surface area contributed by atoms with Crippen molar-refractivity contribution in [2.24, 2.45) is 5.92 Å². The highest BCUT2D eigenvalue weighted by atomic mass is 16.5. The third kappa shape index (κ3) is 3.87. The van der Waals surface area contributed by atoms with Gasteiger partial charge in [0.25, 0.3) is 0 Å². The quantitative estimate of drug-likeness (QED) is 0.748. The van der Waals surface area contributed by atoms with Crippen molar-refractivity contribution in [2.75, 3.05) is 6.54 Å². The third-order valence-electron chi connectivity index (χ3n) is 5.05. The summed E-state index contributed by atoms with van der Waals surface area (Å²) in [7, 11) is 0. The van der Waals surface area contributed by atoms with Crippen LogP contribution in [-0.4, -0.2) is 12.5 Å². The molecule has 0 unspecified atom stereocenters. The molecule has 25 heavy (non-hydrogen) atoms. The number of amides is 1. The van der Waals surface area contributed by atoms with Crippen LogP contribution in [0.15, 0.2) is 48.5 Å². The summed E-state index contributed by atoms with van der Waals surface area (Å²) in [6.45, 7) is 5.16. The first kappa shape index (κ1) is 17.5. The molecule has 1 heterocycles. The van der Waals surface area contributed by atoms with E-state index in [1.54, 1.807) is 0 Å². The smallest absolute Gasteiger partial charge is 0.232 e. The summed E-state index contributed by atoms with van der Waals surface area (Å²) in [6.07, 6.45) is 4.69. The van der Waals surface area contributed by atoms with Gasteiger partial charge in [-0.15, -0.1) is 0 Å².